The predicted molar refractivity (Wildman–Crippen MR) is 153 cm³/mol. The topological polar surface area (TPSA) is 50.8 Å². The lowest BCUT2D eigenvalue weighted by molar-refractivity contribution is 0.0601. The Kier molecular flexibility index (Phi) is 9.10. The van der Waals surface area contributed by atoms with Crippen LogP contribution < -0.4 is 15.0 Å². The highest BCUT2D eigenvalue weighted by molar-refractivity contribution is 5.97. The number of benzene rings is 3. The van der Waals surface area contributed by atoms with E-state index in [1.165, 1.54) is 50.5 Å². The lowest BCUT2D eigenvalue weighted by Crippen LogP contribution is -2.11. The number of esters is 1. The summed E-state index contributed by atoms with van der Waals surface area (Å²) in [6.07, 6.45) is 8.74. The molecule has 1 saturated carbocycles. The van der Waals surface area contributed by atoms with Crippen LogP contribution in [0.5, 0.6) is 5.75 Å². The van der Waals surface area contributed by atoms with Gasteiger partial charge >= 0.3 is 5.97 Å². The van der Waals surface area contributed by atoms with E-state index in [4.69, 9.17) is 9.47 Å². The van der Waals surface area contributed by atoms with Crippen LogP contribution in [0.25, 0.3) is 0 Å². The van der Waals surface area contributed by atoms with Gasteiger partial charge in [-0.05, 0) is 91.8 Å². The number of ether oxygens (including phenoxy) is 2. The first-order valence-electron chi connectivity index (χ1n) is 13.6. The Labute approximate surface area is 221 Å². The highest BCUT2D eigenvalue weighted by Gasteiger charge is 2.17. The molecule has 0 aromatic heterocycles. The number of anilines is 4. The van der Waals surface area contributed by atoms with Gasteiger partial charge in [0.15, 0.2) is 0 Å². The van der Waals surface area contributed by atoms with E-state index >= 15 is 0 Å². The molecule has 3 aromatic carbocycles. The minimum Gasteiger partial charge on any atom is -0.494 e. The lowest BCUT2D eigenvalue weighted by atomic mass is 9.84. The van der Waals surface area contributed by atoms with Crippen LogP contribution in [-0.4, -0.2) is 26.7 Å². The zero-order valence-electron chi connectivity index (χ0n) is 22.7. The number of rotatable bonds is 10. The van der Waals surface area contributed by atoms with Crippen LogP contribution >= 0.6 is 0 Å². The van der Waals surface area contributed by atoms with Crippen molar-refractivity contribution in [3.05, 3.63) is 77.4 Å². The molecular formula is C32H40N2O3. The molecule has 4 rings (SSSR count). The van der Waals surface area contributed by atoms with Gasteiger partial charge in [-0.3, -0.25) is 0 Å². The number of nitrogens with one attached hydrogen (secondary N) is 1. The number of aryl methyl sites for hydroxylation is 1. The van der Waals surface area contributed by atoms with Crippen molar-refractivity contribution in [1.82, 2.24) is 0 Å². The molecule has 1 fully saturated rings. The summed E-state index contributed by atoms with van der Waals surface area (Å²) >= 11 is 0. The molecule has 0 unspecified atom stereocenters. The highest BCUT2D eigenvalue weighted by Crippen LogP contribution is 2.35. The number of hydrogen-bond donors (Lipinski definition) is 1. The summed E-state index contributed by atoms with van der Waals surface area (Å²) in [5, 5.41) is 3.43. The SMILES string of the molecule is CCCCOc1ccc(Nc2ccc(N(C)c3ccc(C4CCCCC4)cc3)cc2C)c(C(=O)OC)c1. The van der Waals surface area contributed by atoms with Crippen molar-refractivity contribution >= 4 is 28.7 Å². The van der Waals surface area contributed by atoms with Crippen LogP contribution in [0, 0.1) is 6.92 Å². The van der Waals surface area contributed by atoms with E-state index in [1.54, 1.807) is 6.07 Å². The van der Waals surface area contributed by atoms with E-state index in [0.29, 0.717) is 29.5 Å². The minimum absolute atomic E-state index is 0.394. The number of nitrogens with zero attached hydrogens (tertiary/aromatic N) is 1. The summed E-state index contributed by atoms with van der Waals surface area (Å²) in [5.74, 6) is 0.990. The number of methoxy groups -OCH3 is 1. The van der Waals surface area contributed by atoms with Crippen molar-refractivity contribution in [3.8, 4) is 5.75 Å². The van der Waals surface area contributed by atoms with E-state index in [-0.39, 0.29) is 0 Å². The fraction of sp³-hybridized carbons (Fsp3) is 0.406. The Morgan fingerprint density at radius 1 is 0.946 bits per heavy atom. The summed E-state index contributed by atoms with van der Waals surface area (Å²) < 4.78 is 10.8. The summed E-state index contributed by atoms with van der Waals surface area (Å²) in [5.41, 5.74) is 6.92. The molecule has 37 heavy (non-hydrogen) atoms. The fourth-order valence-electron chi connectivity index (χ4n) is 5.03. The quantitative estimate of drug-likeness (QED) is 0.223. The van der Waals surface area contributed by atoms with Crippen molar-refractivity contribution in [2.24, 2.45) is 0 Å². The van der Waals surface area contributed by atoms with E-state index in [2.05, 4.69) is 73.6 Å². The first kappa shape index (κ1) is 26.6. The van der Waals surface area contributed by atoms with Crippen LogP contribution in [-0.2, 0) is 4.74 Å². The van der Waals surface area contributed by atoms with Gasteiger partial charge < -0.3 is 19.7 Å². The fourth-order valence-corrected chi connectivity index (χ4v) is 5.03. The number of carbonyl (C=O) groups is 1. The third-order valence-corrected chi connectivity index (χ3v) is 7.39. The van der Waals surface area contributed by atoms with Crippen molar-refractivity contribution in [1.29, 1.82) is 0 Å². The first-order valence-corrected chi connectivity index (χ1v) is 13.6. The Morgan fingerprint density at radius 2 is 1.65 bits per heavy atom. The summed E-state index contributed by atoms with van der Waals surface area (Å²) in [6.45, 7) is 4.82. The highest BCUT2D eigenvalue weighted by atomic mass is 16.5. The predicted octanol–water partition coefficient (Wildman–Crippen LogP) is 8.52. The van der Waals surface area contributed by atoms with Crippen molar-refractivity contribution in [2.45, 2.75) is 64.7 Å². The van der Waals surface area contributed by atoms with Crippen molar-refractivity contribution in [2.75, 3.05) is 31.0 Å². The van der Waals surface area contributed by atoms with E-state index in [1.807, 2.05) is 12.1 Å². The molecule has 1 aliphatic carbocycles. The molecule has 0 heterocycles. The van der Waals surface area contributed by atoms with Crippen LogP contribution in [0.3, 0.4) is 0 Å². The van der Waals surface area contributed by atoms with E-state index < -0.39 is 5.97 Å². The van der Waals surface area contributed by atoms with Crippen LogP contribution in [0.1, 0.15) is 79.3 Å². The molecule has 5 nitrogen and oxygen atoms in total. The second kappa shape index (κ2) is 12.7. The first-order chi connectivity index (χ1) is 18.0. The smallest absolute Gasteiger partial charge is 0.340 e. The molecule has 0 radical (unpaired) electrons. The average Bonchev–Trinajstić information content (AvgIpc) is 2.94. The molecule has 3 aromatic rings. The van der Waals surface area contributed by atoms with Crippen LogP contribution in [0.15, 0.2) is 60.7 Å². The zero-order valence-corrected chi connectivity index (χ0v) is 22.7. The Hall–Kier alpha value is -3.47. The Morgan fingerprint density at radius 3 is 2.32 bits per heavy atom. The van der Waals surface area contributed by atoms with Gasteiger partial charge in [0, 0.05) is 24.1 Å². The second-order valence-corrected chi connectivity index (χ2v) is 10.0. The Balaban J connectivity index is 1.49. The zero-order chi connectivity index (χ0) is 26.2. The maximum atomic E-state index is 12.5. The van der Waals surface area contributed by atoms with Crippen LogP contribution in [0.4, 0.5) is 22.7 Å². The monoisotopic (exact) mass is 500 g/mol. The molecule has 196 valence electrons. The Bertz CT molecular complexity index is 1180. The van der Waals surface area contributed by atoms with Crippen molar-refractivity contribution in [3.63, 3.8) is 0 Å². The van der Waals surface area contributed by atoms with Gasteiger partial charge in [0.05, 0.1) is 25.0 Å². The molecule has 0 aliphatic heterocycles. The molecule has 0 saturated heterocycles. The third kappa shape index (κ3) is 6.65. The van der Waals surface area contributed by atoms with Gasteiger partial charge in [0.1, 0.15) is 5.75 Å². The van der Waals surface area contributed by atoms with Gasteiger partial charge in [-0.2, -0.15) is 0 Å². The molecule has 0 spiro atoms. The van der Waals surface area contributed by atoms with E-state index in [9.17, 15) is 4.79 Å². The van der Waals surface area contributed by atoms with Gasteiger partial charge in [-0.15, -0.1) is 0 Å². The summed E-state index contributed by atoms with van der Waals surface area (Å²) in [7, 11) is 3.50. The van der Waals surface area contributed by atoms with Gasteiger partial charge in [-0.25, -0.2) is 4.79 Å². The molecule has 0 bridgehead atoms. The molecular weight excluding hydrogens is 460 g/mol. The standard InChI is InChI=1S/C32H40N2O3/c1-5-6-20-37-28-17-19-31(29(22-28)32(35)36-4)33-30-18-16-27(21-23(30)2)34(3)26-14-12-25(13-15-26)24-10-8-7-9-11-24/h12-19,21-22,24,33H,5-11,20H2,1-4H3. The summed E-state index contributed by atoms with van der Waals surface area (Å²) in [4.78, 5) is 14.7. The molecule has 5 heteroatoms. The lowest BCUT2D eigenvalue weighted by Gasteiger charge is -2.24. The third-order valence-electron chi connectivity index (χ3n) is 7.39. The maximum absolute atomic E-state index is 12.5. The van der Waals surface area contributed by atoms with Crippen LogP contribution in [0.2, 0.25) is 0 Å². The minimum atomic E-state index is -0.394. The van der Waals surface area contributed by atoms with Gasteiger partial charge in [0.25, 0.3) is 0 Å². The molecule has 0 atom stereocenters. The molecule has 1 aliphatic rings. The van der Waals surface area contributed by atoms with Gasteiger partial charge in [-0.1, -0.05) is 44.7 Å². The van der Waals surface area contributed by atoms with E-state index in [0.717, 1.165) is 29.8 Å². The van der Waals surface area contributed by atoms with Gasteiger partial charge in [0.2, 0.25) is 0 Å². The molecule has 0 amide bonds. The number of hydrogen-bond acceptors (Lipinski definition) is 5. The normalized spacial score (nSPS) is 13.7. The number of unbranched alkanes of at least 4 members (excludes halogenated alkanes) is 1. The summed E-state index contributed by atoms with van der Waals surface area (Å²) in [6, 6.07) is 20.9. The number of carbonyl (C=O) groups excluding carboxylic acids is 1. The average molecular weight is 501 g/mol. The maximum Gasteiger partial charge on any atom is 0.340 e. The largest absolute Gasteiger partial charge is 0.494 e. The van der Waals surface area contributed by atoms with Crippen molar-refractivity contribution < 1.29 is 14.3 Å². The molecule has 1 N–H and O–H groups in total. The second-order valence-electron chi connectivity index (χ2n) is 10.0.